The third-order valence-corrected chi connectivity index (χ3v) is 4.34. The fourth-order valence-corrected chi connectivity index (χ4v) is 3.01. The van der Waals surface area contributed by atoms with E-state index in [0.717, 1.165) is 31.2 Å². The molecule has 18 heavy (non-hydrogen) atoms. The van der Waals surface area contributed by atoms with Crippen molar-refractivity contribution in [1.82, 2.24) is 10.2 Å². The van der Waals surface area contributed by atoms with Crippen molar-refractivity contribution in [3.05, 3.63) is 34.9 Å². The van der Waals surface area contributed by atoms with Gasteiger partial charge in [-0.3, -0.25) is 4.90 Å². The van der Waals surface area contributed by atoms with Gasteiger partial charge in [-0.2, -0.15) is 0 Å². The van der Waals surface area contributed by atoms with Gasteiger partial charge in [0.1, 0.15) is 0 Å². The van der Waals surface area contributed by atoms with Gasteiger partial charge in [-0.1, -0.05) is 37.6 Å². The Morgan fingerprint density at radius 2 is 2.11 bits per heavy atom. The zero-order valence-corrected chi connectivity index (χ0v) is 12.1. The molecule has 1 aromatic carbocycles. The molecule has 3 heteroatoms. The number of halogens is 1. The molecule has 0 atom stereocenters. The Labute approximate surface area is 115 Å². The van der Waals surface area contributed by atoms with Crippen LogP contribution in [-0.2, 0) is 6.54 Å². The van der Waals surface area contributed by atoms with Crippen molar-refractivity contribution in [3.8, 4) is 0 Å². The number of nitrogens with one attached hydrogen (secondary N) is 1. The zero-order chi connectivity index (χ0) is 13.0. The fourth-order valence-electron chi connectivity index (χ4n) is 2.79. The Morgan fingerprint density at radius 3 is 2.78 bits per heavy atom. The fraction of sp³-hybridized carbons (Fsp3) is 0.600. The quantitative estimate of drug-likeness (QED) is 0.900. The number of hydrogen-bond donors (Lipinski definition) is 1. The molecule has 1 heterocycles. The van der Waals surface area contributed by atoms with Crippen LogP contribution in [0.25, 0.3) is 0 Å². The molecular weight excluding hydrogens is 244 g/mol. The van der Waals surface area contributed by atoms with Crippen LogP contribution in [0.5, 0.6) is 0 Å². The van der Waals surface area contributed by atoms with Crippen molar-refractivity contribution in [3.63, 3.8) is 0 Å². The average molecular weight is 267 g/mol. The molecule has 100 valence electrons. The number of rotatable bonds is 4. The average Bonchev–Trinajstić information content (AvgIpc) is 2.39. The minimum atomic E-state index is 0.302. The Kier molecular flexibility index (Phi) is 4.66. The first-order valence-corrected chi connectivity index (χ1v) is 7.27. The van der Waals surface area contributed by atoms with Crippen molar-refractivity contribution in [2.75, 3.05) is 19.6 Å². The van der Waals surface area contributed by atoms with Crippen LogP contribution in [0.3, 0.4) is 0 Å². The number of hydrogen-bond acceptors (Lipinski definition) is 2. The van der Waals surface area contributed by atoms with E-state index < -0.39 is 0 Å². The Hall–Kier alpha value is -0.570. The number of piperazine rings is 1. The molecule has 1 aliphatic heterocycles. The molecule has 0 radical (unpaired) electrons. The normalized spacial score (nSPS) is 19.9. The Balaban J connectivity index is 2.01. The monoisotopic (exact) mass is 266 g/mol. The maximum Gasteiger partial charge on any atom is 0.0409 e. The van der Waals surface area contributed by atoms with Crippen LogP contribution < -0.4 is 5.32 Å². The van der Waals surface area contributed by atoms with E-state index >= 15 is 0 Å². The first kappa shape index (κ1) is 13.9. The van der Waals surface area contributed by atoms with Gasteiger partial charge in [0.15, 0.2) is 0 Å². The lowest BCUT2D eigenvalue weighted by Crippen LogP contribution is -2.59. The standard InChI is InChI=1S/C15H23ClN2/c1-3-15(4-2)12-18(9-8-17-15)11-13-6-5-7-14(16)10-13/h5-7,10,17H,3-4,8-9,11-12H2,1-2H3. The molecule has 0 aliphatic carbocycles. The molecular formula is C15H23ClN2. The van der Waals surface area contributed by atoms with Crippen molar-refractivity contribution < 1.29 is 0 Å². The van der Waals surface area contributed by atoms with E-state index in [1.165, 1.54) is 18.4 Å². The van der Waals surface area contributed by atoms with Crippen LogP contribution in [-0.4, -0.2) is 30.1 Å². The summed E-state index contributed by atoms with van der Waals surface area (Å²) in [6.45, 7) is 8.89. The molecule has 0 saturated carbocycles. The van der Waals surface area contributed by atoms with Crippen LogP contribution in [0.1, 0.15) is 32.3 Å². The molecule has 1 aliphatic rings. The van der Waals surface area contributed by atoms with Crippen LogP contribution in [0, 0.1) is 0 Å². The molecule has 1 N–H and O–H groups in total. The largest absolute Gasteiger partial charge is 0.309 e. The van der Waals surface area contributed by atoms with E-state index in [1.54, 1.807) is 0 Å². The maximum absolute atomic E-state index is 6.04. The number of benzene rings is 1. The summed E-state index contributed by atoms with van der Waals surface area (Å²) in [5, 5.41) is 4.52. The van der Waals surface area contributed by atoms with E-state index in [9.17, 15) is 0 Å². The van der Waals surface area contributed by atoms with Crippen LogP contribution in [0.15, 0.2) is 24.3 Å². The molecule has 0 spiro atoms. The summed E-state index contributed by atoms with van der Waals surface area (Å²) < 4.78 is 0. The topological polar surface area (TPSA) is 15.3 Å². The third-order valence-electron chi connectivity index (χ3n) is 4.10. The van der Waals surface area contributed by atoms with Crippen LogP contribution >= 0.6 is 11.6 Å². The predicted molar refractivity (Wildman–Crippen MR) is 78.0 cm³/mol. The molecule has 1 fully saturated rings. The lowest BCUT2D eigenvalue weighted by atomic mass is 9.90. The van der Waals surface area contributed by atoms with E-state index in [2.05, 4.69) is 36.2 Å². The Bertz CT molecular complexity index is 388. The molecule has 1 aromatic rings. The summed E-state index contributed by atoms with van der Waals surface area (Å²) in [7, 11) is 0. The predicted octanol–water partition coefficient (Wildman–Crippen LogP) is 3.30. The molecule has 0 amide bonds. The van der Waals surface area contributed by atoms with Gasteiger partial charge < -0.3 is 5.32 Å². The molecule has 2 rings (SSSR count). The van der Waals surface area contributed by atoms with Gasteiger partial charge in [-0.25, -0.2) is 0 Å². The van der Waals surface area contributed by atoms with Crippen LogP contribution in [0.4, 0.5) is 0 Å². The first-order valence-electron chi connectivity index (χ1n) is 6.89. The van der Waals surface area contributed by atoms with Gasteiger partial charge >= 0.3 is 0 Å². The second kappa shape index (κ2) is 6.05. The van der Waals surface area contributed by atoms with Crippen molar-refractivity contribution in [1.29, 1.82) is 0 Å². The summed E-state index contributed by atoms with van der Waals surface area (Å²) in [6, 6.07) is 8.20. The third kappa shape index (κ3) is 3.25. The summed E-state index contributed by atoms with van der Waals surface area (Å²) in [5.74, 6) is 0. The smallest absolute Gasteiger partial charge is 0.0409 e. The van der Waals surface area contributed by atoms with Gasteiger partial charge in [0, 0.05) is 36.7 Å². The highest BCUT2D eigenvalue weighted by molar-refractivity contribution is 6.30. The van der Waals surface area contributed by atoms with Gasteiger partial charge in [0.2, 0.25) is 0 Å². The highest BCUT2D eigenvalue weighted by Crippen LogP contribution is 2.21. The first-order chi connectivity index (χ1) is 8.67. The van der Waals surface area contributed by atoms with Crippen LogP contribution in [0.2, 0.25) is 5.02 Å². The highest BCUT2D eigenvalue weighted by atomic mass is 35.5. The van der Waals surface area contributed by atoms with Gasteiger partial charge in [-0.15, -0.1) is 0 Å². The van der Waals surface area contributed by atoms with E-state index in [1.807, 2.05) is 12.1 Å². The molecule has 0 aromatic heterocycles. The van der Waals surface area contributed by atoms with Gasteiger partial charge in [0.05, 0.1) is 0 Å². The molecule has 2 nitrogen and oxygen atoms in total. The summed E-state index contributed by atoms with van der Waals surface area (Å²) >= 11 is 6.04. The highest BCUT2D eigenvalue weighted by Gasteiger charge is 2.31. The lowest BCUT2D eigenvalue weighted by molar-refractivity contribution is 0.118. The maximum atomic E-state index is 6.04. The second-order valence-corrected chi connectivity index (χ2v) is 5.69. The zero-order valence-electron chi connectivity index (χ0n) is 11.4. The summed E-state index contributed by atoms with van der Waals surface area (Å²) in [6.07, 6.45) is 2.38. The van der Waals surface area contributed by atoms with Crippen molar-refractivity contribution in [2.24, 2.45) is 0 Å². The van der Waals surface area contributed by atoms with E-state index in [-0.39, 0.29) is 0 Å². The van der Waals surface area contributed by atoms with Crippen molar-refractivity contribution >= 4 is 11.6 Å². The second-order valence-electron chi connectivity index (χ2n) is 5.25. The van der Waals surface area contributed by atoms with E-state index in [4.69, 9.17) is 11.6 Å². The minimum absolute atomic E-state index is 0.302. The van der Waals surface area contributed by atoms with Gasteiger partial charge in [0.25, 0.3) is 0 Å². The molecule has 0 bridgehead atoms. The lowest BCUT2D eigenvalue weighted by Gasteiger charge is -2.43. The SMILES string of the molecule is CCC1(CC)CN(Cc2cccc(Cl)c2)CCN1. The molecule has 0 unspecified atom stereocenters. The number of nitrogens with zero attached hydrogens (tertiary/aromatic N) is 1. The van der Waals surface area contributed by atoms with Gasteiger partial charge in [-0.05, 0) is 30.5 Å². The minimum Gasteiger partial charge on any atom is -0.309 e. The summed E-state index contributed by atoms with van der Waals surface area (Å²) in [5.41, 5.74) is 1.61. The summed E-state index contributed by atoms with van der Waals surface area (Å²) in [4.78, 5) is 2.54. The van der Waals surface area contributed by atoms with Crippen molar-refractivity contribution in [2.45, 2.75) is 38.8 Å². The Morgan fingerprint density at radius 1 is 1.33 bits per heavy atom. The van der Waals surface area contributed by atoms with E-state index in [0.29, 0.717) is 5.54 Å². The molecule has 1 saturated heterocycles.